The zero-order valence-electron chi connectivity index (χ0n) is 21.0. The fraction of sp³-hybridized carbons (Fsp3) is 0.310. The number of benzene rings is 3. The van der Waals surface area contributed by atoms with Crippen LogP contribution in [0.25, 0.3) is 0 Å². The number of aliphatic hydroxyl groups excluding tert-OH is 1. The topological polar surface area (TPSA) is 107 Å². The maximum absolute atomic E-state index is 12.5. The monoisotopic (exact) mass is 520 g/mol. The Morgan fingerprint density at radius 3 is 1.84 bits per heavy atom. The summed E-state index contributed by atoms with van der Waals surface area (Å²) in [6, 6.07) is 27.3. The van der Waals surface area contributed by atoms with Crippen LogP contribution >= 0.6 is 11.8 Å². The summed E-state index contributed by atoms with van der Waals surface area (Å²) in [6.07, 6.45) is -3.39. The van der Waals surface area contributed by atoms with Crippen molar-refractivity contribution in [3.63, 3.8) is 0 Å². The van der Waals surface area contributed by atoms with Crippen molar-refractivity contribution < 1.29 is 24.9 Å². The van der Waals surface area contributed by atoms with Crippen molar-refractivity contribution in [3.8, 4) is 0 Å². The normalized spacial score (nSPS) is 12.9. The maximum Gasteiger partial charge on any atom is 0.138 e. The summed E-state index contributed by atoms with van der Waals surface area (Å²) in [6.45, 7) is 3.40. The third-order valence-corrected chi connectivity index (χ3v) is 8.01. The van der Waals surface area contributed by atoms with E-state index in [0.29, 0.717) is 12.8 Å². The number of hydrogen-bond acceptors (Lipinski definition) is 6. The lowest BCUT2D eigenvalue weighted by atomic mass is 9.83. The first-order valence-electron chi connectivity index (χ1n) is 12.3. The molecular formula is C29H32N2O5S-2. The van der Waals surface area contributed by atoms with Gasteiger partial charge in [-0.15, -0.1) is 0 Å². The van der Waals surface area contributed by atoms with Gasteiger partial charge in [0.2, 0.25) is 0 Å². The number of thioether (sulfide) groups is 1. The standard InChI is InChI=1S/C29H34N2O5S/c1-3-29(4-2,23-16-10-6-11-17-23)31(28(35)36)21-25(32)26(37-24-18-12-7-13-19-24)30(27(33)34)20-22-14-8-5-9-15-22/h5-19,25-26,32H,3-4,20-21H2,1-2H3,(H,33,34)(H,35,36)/p-2. The van der Waals surface area contributed by atoms with Crippen molar-refractivity contribution in [1.82, 2.24) is 9.80 Å². The summed E-state index contributed by atoms with van der Waals surface area (Å²) < 4.78 is 0. The maximum atomic E-state index is 12.5. The van der Waals surface area contributed by atoms with Gasteiger partial charge in [0.1, 0.15) is 23.7 Å². The molecule has 0 heterocycles. The van der Waals surface area contributed by atoms with Gasteiger partial charge in [-0.25, -0.2) is 0 Å². The molecular weight excluding hydrogens is 488 g/mol. The molecule has 0 aliphatic rings. The van der Waals surface area contributed by atoms with E-state index in [9.17, 15) is 24.9 Å². The SMILES string of the molecule is CCC(CC)(c1ccccc1)N(CC(O)C(Sc1ccccc1)N(Cc1ccccc1)C(=O)[O-])C(=O)[O-]. The van der Waals surface area contributed by atoms with Crippen LogP contribution in [0.4, 0.5) is 9.59 Å². The minimum atomic E-state index is -1.46. The minimum absolute atomic E-state index is 0.0264. The molecule has 0 aliphatic heterocycles. The zero-order valence-corrected chi connectivity index (χ0v) is 21.8. The second-order valence-corrected chi connectivity index (χ2v) is 9.94. The molecule has 0 spiro atoms. The number of nitrogens with zero attached hydrogens (tertiary/aromatic N) is 2. The molecule has 1 N–H and O–H groups in total. The van der Waals surface area contributed by atoms with Gasteiger partial charge in [-0.05, 0) is 36.1 Å². The molecule has 7 nitrogen and oxygen atoms in total. The fourth-order valence-corrected chi connectivity index (χ4v) is 5.80. The molecule has 0 saturated carbocycles. The molecule has 3 aromatic carbocycles. The van der Waals surface area contributed by atoms with Crippen molar-refractivity contribution in [2.75, 3.05) is 6.54 Å². The van der Waals surface area contributed by atoms with Crippen molar-refractivity contribution in [1.29, 1.82) is 0 Å². The van der Waals surface area contributed by atoms with E-state index >= 15 is 0 Å². The number of amides is 2. The number of carbonyl (C=O) groups is 2. The van der Waals surface area contributed by atoms with Crippen LogP contribution in [0.2, 0.25) is 0 Å². The summed E-state index contributed by atoms with van der Waals surface area (Å²) >= 11 is 1.14. The molecule has 196 valence electrons. The largest absolute Gasteiger partial charge is 0.530 e. The van der Waals surface area contributed by atoms with Crippen LogP contribution < -0.4 is 10.2 Å². The second-order valence-electron chi connectivity index (χ2n) is 8.75. The van der Waals surface area contributed by atoms with Gasteiger partial charge in [0, 0.05) is 18.0 Å². The highest BCUT2D eigenvalue weighted by atomic mass is 32.2. The molecule has 0 aliphatic carbocycles. The molecule has 0 bridgehead atoms. The second kappa shape index (κ2) is 13.2. The third kappa shape index (κ3) is 6.84. The van der Waals surface area contributed by atoms with Crippen LogP contribution in [-0.2, 0) is 12.1 Å². The van der Waals surface area contributed by atoms with E-state index in [0.717, 1.165) is 37.6 Å². The van der Waals surface area contributed by atoms with Gasteiger partial charge >= 0.3 is 0 Å². The Kier molecular flexibility index (Phi) is 10.00. The van der Waals surface area contributed by atoms with Gasteiger partial charge in [0.15, 0.2) is 0 Å². The highest BCUT2D eigenvalue weighted by Gasteiger charge is 2.39. The quantitative estimate of drug-likeness (QED) is 0.288. The average Bonchev–Trinajstić information content (AvgIpc) is 2.92. The lowest BCUT2D eigenvalue weighted by Crippen LogP contribution is -2.59. The van der Waals surface area contributed by atoms with E-state index in [1.165, 1.54) is 0 Å². The van der Waals surface area contributed by atoms with Gasteiger partial charge in [-0.1, -0.05) is 104 Å². The van der Waals surface area contributed by atoms with Crippen LogP contribution in [0.3, 0.4) is 0 Å². The molecule has 8 heteroatoms. The van der Waals surface area contributed by atoms with E-state index in [4.69, 9.17) is 0 Å². The minimum Gasteiger partial charge on any atom is -0.530 e. The van der Waals surface area contributed by atoms with E-state index < -0.39 is 29.2 Å². The van der Waals surface area contributed by atoms with Crippen LogP contribution in [0.15, 0.2) is 95.9 Å². The highest BCUT2D eigenvalue weighted by Crippen LogP contribution is 2.37. The number of carbonyl (C=O) groups excluding carboxylic acids is 2. The van der Waals surface area contributed by atoms with Crippen molar-refractivity contribution in [2.45, 2.75) is 55.1 Å². The fourth-order valence-electron chi connectivity index (χ4n) is 4.67. The first kappa shape index (κ1) is 28.1. The Hall–Kier alpha value is -3.49. The van der Waals surface area contributed by atoms with Crippen LogP contribution in [0, 0.1) is 0 Å². The first-order chi connectivity index (χ1) is 17.8. The predicted octanol–water partition coefficient (Wildman–Crippen LogP) is 3.67. The summed E-state index contributed by atoms with van der Waals surface area (Å²) in [5, 5.41) is 35.3. The summed E-state index contributed by atoms with van der Waals surface area (Å²) in [5.41, 5.74) is 0.550. The van der Waals surface area contributed by atoms with Crippen molar-refractivity contribution in [3.05, 3.63) is 102 Å². The van der Waals surface area contributed by atoms with E-state index in [-0.39, 0.29) is 13.1 Å². The van der Waals surface area contributed by atoms with Gasteiger partial charge in [-0.2, -0.15) is 0 Å². The smallest absolute Gasteiger partial charge is 0.138 e. The van der Waals surface area contributed by atoms with Crippen LogP contribution in [0.5, 0.6) is 0 Å². The molecule has 0 radical (unpaired) electrons. The number of rotatable bonds is 12. The molecule has 0 saturated heterocycles. The lowest BCUT2D eigenvalue weighted by molar-refractivity contribution is -0.275. The molecule has 2 amide bonds. The van der Waals surface area contributed by atoms with Crippen LogP contribution in [0.1, 0.15) is 37.8 Å². The Morgan fingerprint density at radius 2 is 1.35 bits per heavy atom. The predicted molar refractivity (Wildman–Crippen MR) is 140 cm³/mol. The summed E-state index contributed by atoms with van der Waals surface area (Å²) in [7, 11) is 0. The zero-order chi connectivity index (χ0) is 26.8. The highest BCUT2D eigenvalue weighted by molar-refractivity contribution is 8.00. The average molecular weight is 521 g/mol. The molecule has 0 fully saturated rings. The molecule has 2 unspecified atom stereocenters. The third-order valence-electron chi connectivity index (χ3n) is 6.65. The number of hydrogen-bond donors (Lipinski definition) is 1. The molecule has 0 aromatic heterocycles. The molecule has 3 rings (SSSR count). The molecule has 2 atom stereocenters. The Morgan fingerprint density at radius 1 is 0.838 bits per heavy atom. The number of aliphatic hydroxyl groups is 1. The summed E-state index contributed by atoms with van der Waals surface area (Å²) in [5.74, 6) is 0. The summed E-state index contributed by atoms with van der Waals surface area (Å²) in [4.78, 5) is 27.8. The van der Waals surface area contributed by atoms with Gasteiger partial charge in [-0.3, -0.25) is 0 Å². The van der Waals surface area contributed by atoms with Crippen molar-refractivity contribution in [2.24, 2.45) is 0 Å². The van der Waals surface area contributed by atoms with Crippen LogP contribution in [-0.4, -0.2) is 45.1 Å². The Bertz CT molecular complexity index is 1130. The Balaban J connectivity index is 2.00. The van der Waals surface area contributed by atoms with E-state index in [1.807, 2.05) is 80.6 Å². The lowest BCUT2D eigenvalue weighted by Gasteiger charge is -2.47. The Labute approximate surface area is 222 Å². The first-order valence-corrected chi connectivity index (χ1v) is 13.2. The molecule has 3 aromatic rings. The van der Waals surface area contributed by atoms with Gasteiger partial charge < -0.3 is 34.7 Å². The van der Waals surface area contributed by atoms with Gasteiger partial charge in [0.05, 0.1) is 5.54 Å². The van der Waals surface area contributed by atoms with Crippen molar-refractivity contribution >= 4 is 23.9 Å². The van der Waals surface area contributed by atoms with E-state index in [1.54, 1.807) is 24.3 Å². The van der Waals surface area contributed by atoms with Gasteiger partial charge in [0.25, 0.3) is 0 Å². The molecule has 37 heavy (non-hydrogen) atoms. The number of carboxylic acid groups (broad SMARTS) is 2. The van der Waals surface area contributed by atoms with E-state index in [2.05, 4.69) is 0 Å².